The molecule has 0 bridgehead atoms. The zero-order valence-electron chi connectivity index (χ0n) is 8.92. The minimum atomic E-state index is 0.176. The predicted molar refractivity (Wildman–Crippen MR) is 77.7 cm³/mol. The van der Waals surface area contributed by atoms with E-state index in [4.69, 9.17) is 0 Å². The number of alkyl halides is 2. The highest BCUT2D eigenvalue weighted by Crippen LogP contribution is 2.30. The van der Waals surface area contributed by atoms with Crippen LogP contribution in [0.2, 0.25) is 0 Å². The molecule has 0 aromatic heterocycles. The molecule has 0 radical (unpaired) electrons. The Bertz CT molecular complexity index is 493. The first kappa shape index (κ1) is 12.5. The number of hydrogen-bond acceptors (Lipinski definition) is 2. The maximum Gasteiger partial charge on any atom is 0.0946 e. The monoisotopic (exact) mass is 352 g/mol. The van der Waals surface area contributed by atoms with Crippen LogP contribution < -0.4 is 0 Å². The Balaban J connectivity index is 2.12. The summed E-state index contributed by atoms with van der Waals surface area (Å²) in [7, 11) is 0. The minimum Gasteiger partial charge on any atom is -0.151 e. The lowest BCUT2D eigenvalue weighted by molar-refractivity contribution is 1.23. The van der Waals surface area contributed by atoms with E-state index in [1.807, 2.05) is 54.6 Å². The number of halogens is 2. The SMILES string of the molecule is BrC(Br)c1ccc(/N=N/c2ccccc2)cc1. The number of hydrogen-bond donors (Lipinski definition) is 0. The average molecular weight is 354 g/mol. The molecule has 0 N–H and O–H groups in total. The standard InChI is InChI=1S/C13H10Br2N2/c14-13(15)10-6-8-12(9-7-10)17-16-11-4-2-1-3-5-11/h1-9,13H/b17-16+. The molecule has 0 fully saturated rings. The Labute approximate surface area is 117 Å². The van der Waals surface area contributed by atoms with Crippen molar-refractivity contribution < 1.29 is 0 Å². The van der Waals surface area contributed by atoms with Crippen molar-refractivity contribution in [3.05, 3.63) is 60.2 Å². The molecule has 0 unspecified atom stereocenters. The van der Waals surface area contributed by atoms with Crippen LogP contribution in [0.1, 0.15) is 9.30 Å². The smallest absolute Gasteiger partial charge is 0.0946 e. The summed E-state index contributed by atoms with van der Waals surface area (Å²) in [5, 5.41) is 8.32. The maximum atomic E-state index is 4.17. The number of azo groups is 1. The molecular formula is C13H10Br2N2. The summed E-state index contributed by atoms with van der Waals surface area (Å²) in [5.74, 6) is 0. The van der Waals surface area contributed by atoms with E-state index in [1.165, 1.54) is 0 Å². The van der Waals surface area contributed by atoms with E-state index in [1.54, 1.807) is 0 Å². The lowest BCUT2D eigenvalue weighted by Crippen LogP contribution is -1.77. The molecule has 2 rings (SSSR count). The summed E-state index contributed by atoms with van der Waals surface area (Å²) in [4.78, 5) is 0. The summed E-state index contributed by atoms with van der Waals surface area (Å²) in [6, 6.07) is 17.6. The van der Waals surface area contributed by atoms with Crippen molar-refractivity contribution in [2.45, 2.75) is 3.74 Å². The maximum absolute atomic E-state index is 4.17. The third-order valence-electron chi connectivity index (χ3n) is 2.18. The van der Waals surface area contributed by atoms with Crippen LogP contribution in [0.15, 0.2) is 64.8 Å². The molecule has 2 aromatic carbocycles. The summed E-state index contributed by atoms with van der Waals surface area (Å²) in [6.07, 6.45) is 0. The topological polar surface area (TPSA) is 24.7 Å². The van der Waals surface area contributed by atoms with E-state index < -0.39 is 0 Å². The quantitative estimate of drug-likeness (QED) is 0.485. The van der Waals surface area contributed by atoms with E-state index in [9.17, 15) is 0 Å². The Morgan fingerprint density at radius 3 is 1.76 bits per heavy atom. The van der Waals surface area contributed by atoms with Gasteiger partial charge in [0.05, 0.1) is 15.1 Å². The fraction of sp³-hybridized carbons (Fsp3) is 0.0769. The Kier molecular flexibility index (Phi) is 4.45. The molecule has 0 aliphatic rings. The van der Waals surface area contributed by atoms with E-state index in [2.05, 4.69) is 42.1 Å². The average Bonchev–Trinajstić information content (AvgIpc) is 2.38. The van der Waals surface area contributed by atoms with Crippen molar-refractivity contribution in [1.82, 2.24) is 0 Å². The van der Waals surface area contributed by atoms with Gasteiger partial charge < -0.3 is 0 Å². The highest BCUT2D eigenvalue weighted by Gasteiger charge is 2.00. The van der Waals surface area contributed by atoms with Crippen LogP contribution in [0.4, 0.5) is 11.4 Å². The van der Waals surface area contributed by atoms with Crippen molar-refractivity contribution >= 4 is 43.2 Å². The van der Waals surface area contributed by atoms with Gasteiger partial charge in [-0.1, -0.05) is 62.2 Å². The lowest BCUT2D eigenvalue weighted by atomic mass is 10.2. The first-order valence-corrected chi connectivity index (χ1v) is 6.94. The van der Waals surface area contributed by atoms with E-state index in [0.29, 0.717) is 0 Å². The molecule has 0 amide bonds. The van der Waals surface area contributed by atoms with Gasteiger partial charge in [-0.3, -0.25) is 0 Å². The third-order valence-corrected chi connectivity index (χ3v) is 3.24. The molecule has 0 saturated carbocycles. The van der Waals surface area contributed by atoms with Crippen LogP contribution in [-0.4, -0.2) is 0 Å². The number of rotatable bonds is 3. The van der Waals surface area contributed by atoms with Crippen LogP contribution in [0.25, 0.3) is 0 Å². The van der Waals surface area contributed by atoms with Gasteiger partial charge in [0.25, 0.3) is 0 Å². The predicted octanol–water partition coefficient (Wildman–Crippen LogP) is 5.89. The first-order chi connectivity index (χ1) is 8.25. The second kappa shape index (κ2) is 6.07. The zero-order chi connectivity index (χ0) is 12.1. The molecule has 0 aliphatic heterocycles. The van der Waals surface area contributed by atoms with Crippen molar-refractivity contribution in [2.24, 2.45) is 10.2 Å². The van der Waals surface area contributed by atoms with Gasteiger partial charge in [0.1, 0.15) is 0 Å². The highest BCUT2D eigenvalue weighted by molar-refractivity contribution is 9.24. The van der Waals surface area contributed by atoms with Gasteiger partial charge in [-0.05, 0) is 29.8 Å². The van der Waals surface area contributed by atoms with Crippen LogP contribution in [0, 0.1) is 0 Å². The Morgan fingerprint density at radius 1 is 0.706 bits per heavy atom. The van der Waals surface area contributed by atoms with Gasteiger partial charge in [-0.25, -0.2) is 0 Å². The van der Waals surface area contributed by atoms with E-state index in [0.717, 1.165) is 16.9 Å². The molecule has 17 heavy (non-hydrogen) atoms. The molecule has 2 aromatic rings. The largest absolute Gasteiger partial charge is 0.151 e. The molecule has 86 valence electrons. The molecule has 4 heteroatoms. The second-order valence-corrected chi connectivity index (χ2v) is 6.49. The molecule has 0 spiro atoms. The fourth-order valence-electron chi connectivity index (χ4n) is 1.30. The van der Waals surface area contributed by atoms with Gasteiger partial charge in [-0.2, -0.15) is 10.2 Å². The van der Waals surface area contributed by atoms with Crippen molar-refractivity contribution in [3.63, 3.8) is 0 Å². The summed E-state index contributed by atoms with van der Waals surface area (Å²) >= 11 is 6.89. The van der Waals surface area contributed by atoms with Crippen molar-refractivity contribution in [2.75, 3.05) is 0 Å². The van der Waals surface area contributed by atoms with Crippen LogP contribution in [0.5, 0.6) is 0 Å². The van der Waals surface area contributed by atoms with Crippen LogP contribution >= 0.6 is 31.9 Å². The molecule has 0 saturated heterocycles. The van der Waals surface area contributed by atoms with Crippen molar-refractivity contribution in [3.8, 4) is 0 Å². The van der Waals surface area contributed by atoms with Gasteiger partial charge in [0, 0.05) is 0 Å². The minimum absolute atomic E-state index is 0.176. The summed E-state index contributed by atoms with van der Waals surface area (Å²) in [5.41, 5.74) is 2.86. The molecule has 0 atom stereocenters. The molecule has 2 nitrogen and oxygen atoms in total. The Morgan fingerprint density at radius 2 is 1.24 bits per heavy atom. The second-order valence-electron chi connectivity index (χ2n) is 3.43. The van der Waals surface area contributed by atoms with Crippen LogP contribution in [0.3, 0.4) is 0 Å². The highest BCUT2D eigenvalue weighted by atomic mass is 79.9. The normalized spacial score (nSPS) is 11.2. The zero-order valence-corrected chi connectivity index (χ0v) is 12.1. The fourth-order valence-corrected chi connectivity index (χ4v) is 1.91. The third kappa shape index (κ3) is 3.75. The van der Waals surface area contributed by atoms with Gasteiger partial charge in [0.2, 0.25) is 0 Å². The van der Waals surface area contributed by atoms with Gasteiger partial charge >= 0.3 is 0 Å². The first-order valence-electron chi connectivity index (χ1n) is 5.10. The van der Waals surface area contributed by atoms with E-state index >= 15 is 0 Å². The number of nitrogens with zero attached hydrogens (tertiary/aromatic N) is 2. The molecule has 0 aliphatic carbocycles. The van der Waals surface area contributed by atoms with Crippen LogP contribution in [-0.2, 0) is 0 Å². The van der Waals surface area contributed by atoms with E-state index in [-0.39, 0.29) is 3.74 Å². The lowest BCUT2D eigenvalue weighted by Gasteiger charge is -2.00. The summed E-state index contributed by atoms with van der Waals surface area (Å²) < 4.78 is 0.176. The van der Waals surface area contributed by atoms with Gasteiger partial charge in [-0.15, -0.1) is 0 Å². The Hall–Kier alpha value is -1.00. The molecular weight excluding hydrogens is 344 g/mol. The summed E-state index contributed by atoms with van der Waals surface area (Å²) in [6.45, 7) is 0. The molecule has 0 heterocycles. The van der Waals surface area contributed by atoms with Gasteiger partial charge in [0.15, 0.2) is 0 Å². The van der Waals surface area contributed by atoms with Crippen molar-refractivity contribution in [1.29, 1.82) is 0 Å². The number of benzene rings is 2.